The molecule has 11 heteroatoms. The number of aromatic hydroxyl groups is 1. The van der Waals surface area contributed by atoms with Gasteiger partial charge in [0.1, 0.15) is 29.5 Å². The Kier molecular flexibility index (Phi) is 5.65. The third-order valence-corrected chi connectivity index (χ3v) is 4.91. The molecule has 4 rings (SSSR count). The number of phenolic OH excluding ortho intramolecular Hbond substituents is 1. The monoisotopic (exact) mass is 444 g/mol. The second-order valence-corrected chi connectivity index (χ2v) is 6.95. The Morgan fingerprint density at radius 3 is 2.85 bits per heavy atom. The number of hydrogen-bond acceptors (Lipinski definition) is 8. The molecule has 0 radical (unpaired) electrons. The van der Waals surface area contributed by atoms with Crippen molar-refractivity contribution < 1.29 is 14.3 Å². The van der Waals surface area contributed by atoms with Gasteiger partial charge in [0, 0.05) is 18.3 Å². The predicted octanol–water partition coefficient (Wildman–Crippen LogP) is 2.43. The third kappa shape index (κ3) is 4.05. The van der Waals surface area contributed by atoms with E-state index in [1.807, 2.05) is 0 Å². The Labute approximate surface area is 187 Å². The summed E-state index contributed by atoms with van der Waals surface area (Å²) < 4.78 is 15.1. The van der Waals surface area contributed by atoms with Crippen LogP contribution in [0.15, 0.2) is 61.2 Å². The molecule has 33 heavy (non-hydrogen) atoms. The van der Waals surface area contributed by atoms with Gasteiger partial charge in [-0.1, -0.05) is 6.58 Å². The molecule has 1 aromatic carbocycles. The van der Waals surface area contributed by atoms with Crippen LogP contribution in [0, 0.1) is 17.1 Å². The number of anilines is 2. The van der Waals surface area contributed by atoms with Gasteiger partial charge < -0.3 is 15.7 Å². The summed E-state index contributed by atoms with van der Waals surface area (Å²) in [6.45, 7) is 3.79. The van der Waals surface area contributed by atoms with Gasteiger partial charge in [-0.2, -0.15) is 10.4 Å². The maximum absolute atomic E-state index is 13.6. The molecular weight excluding hydrogens is 427 g/mol. The number of carbonyl (C=O) groups excluding carboxylic acids is 1. The van der Waals surface area contributed by atoms with E-state index in [-0.39, 0.29) is 24.5 Å². The summed E-state index contributed by atoms with van der Waals surface area (Å²) in [5, 5.41) is 23.9. The largest absolute Gasteiger partial charge is 0.505 e. The molecule has 0 aliphatic carbocycles. The standard InChI is InChI=1S/C22H17FN8O2/c1-13(10-24)22(33)30(15-3-2-6-26-11-15)7-8-31-21-18(20(25)27-12-28-21)19(29-31)14-4-5-16(23)17(32)9-14/h2-6,9,11-12,32H,1,7-8H2,(H2,25,27,28). The number of carbonyl (C=O) groups is 1. The molecule has 0 atom stereocenters. The molecule has 10 nitrogen and oxygen atoms in total. The number of phenols is 1. The highest BCUT2D eigenvalue weighted by Crippen LogP contribution is 2.32. The lowest BCUT2D eigenvalue weighted by atomic mass is 10.1. The van der Waals surface area contributed by atoms with Gasteiger partial charge in [0.15, 0.2) is 17.2 Å². The normalized spacial score (nSPS) is 10.7. The van der Waals surface area contributed by atoms with Gasteiger partial charge in [0.2, 0.25) is 0 Å². The van der Waals surface area contributed by atoms with Gasteiger partial charge in [-0.15, -0.1) is 0 Å². The number of aromatic nitrogens is 5. The molecular formula is C22H17FN8O2. The first-order chi connectivity index (χ1) is 15.9. The fourth-order valence-electron chi connectivity index (χ4n) is 3.32. The van der Waals surface area contributed by atoms with Gasteiger partial charge in [-0.3, -0.25) is 9.78 Å². The number of halogens is 1. The highest BCUT2D eigenvalue weighted by molar-refractivity contribution is 6.07. The number of fused-ring (bicyclic) bond motifs is 1. The zero-order valence-corrected chi connectivity index (χ0v) is 17.2. The number of rotatable bonds is 6. The number of nitriles is 1. The van der Waals surface area contributed by atoms with Crippen molar-refractivity contribution in [3.05, 3.63) is 67.0 Å². The lowest BCUT2D eigenvalue weighted by molar-refractivity contribution is -0.114. The number of amides is 1. The second kappa shape index (κ2) is 8.72. The van der Waals surface area contributed by atoms with Crippen molar-refractivity contribution in [2.75, 3.05) is 17.2 Å². The van der Waals surface area contributed by atoms with Crippen molar-refractivity contribution in [2.24, 2.45) is 0 Å². The molecule has 0 aliphatic heterocycles. The summed E-state index contributed by atoms with van der Waals surface area (Å²) in [7, 11) is 0. The van der Waals surface area contributed by atoms with Crippen LogP contribution < -0.4 is 10.6 Å². The van der Waals surface area contributed by atoms with E-state index in [4.69, 9.17) is 11.0 Å². The van der Waals surface area contributed by atoms with E-state index >= 15 is 0 Å². The Morgan fingerprint density at radius 1 is 1.33 bits per heavy atom. The molecule has 0 fully saturated rings. The lowest BCUT2D eigenvalue weighted by Gasteiger charge is -2.22. The number of nitrogens with two attached hydrogens (primary N) is 1. The molecule has 0 spiro atoms. The van der Waals surface area contributed by atoms with Crippen molar-refractivity contribution in [1.29, 1.82) is 5.26 Å². The van der Waals surface area contributed by atoms with Crippen LogP contribution in [0.5, 0.6) is 5.75 Å². The van der Waals surface area contributed by atoms with Gasteiger partial charge in [0.25, 0.3) is 5.91 Å². The van der Waals surface area contributed by atoms with Crippen molar-refractivity contribution in [2.45, 2.75) is 6.54 Å². The van der Waals surface area contributed by atoms with Crippen molar-refractivity contribution in [1.82, 2.24) is 24.7 Å². The topological polar surface area (TPSA) is 147 Å². The number of hydrogen-bond donors (Lipinski definition) is 2. The number of pyridine rings is 1. The van der Waals surface area contributed by atoms with Crippen molar-refractivity contribution in [3.63, 3.8) is 0 Å². The quantitative estimate of drug-likeness (QED) is 0.340. The van der Waals surface area contributed by atoms with Crippen LogP contribution in [0.4, 0.5) is 15.9 Å². The van der Waals surface area contributed by atoms with Gasteiger partial charge in [-0.25, -0.2) is 19.0 Å². The predicted molar refractivity (Wildman–Crippen MR) is 118 cm³/mol. The van der Waals surface area contributed by atoms with Crippen LogP contribution in [0.2, 0.25) is 0 Å². The third-order valence-electron chi connectivity index (χ3n) is 4.91. The first kappa shape index (κ1) is 21.4. The molecule has 3 N–H and O–H groups in total. The molecule has 3 heterocycles. The summed E-state index contributed by atoms with van der Waals surface area (Å²) in [5.74, 6) is -1.72. The molecule has 0 saturated heterocycles. The van der Waals surface area contributed by atoms with Crippen LogP contribution in [-0.4, -0.2) is 42.3 Å². The molecule has 4 aromatic rings. The average Bonchev–Trinajstić information content (AvgIpc) is 3.21. The van der Waals surface area contributed by atoms with E-state index < -0.39 is 17.5 Å². The van der Waals surface area contributed by atoms with Crippen LogP contribution in [-0.2, 0) is 11.3 Å². The minimum atomic E-state index is -0.768. The Morgan fingerprint density at radius 2 is 2.15 bits per heavy atom. The van der Waals surface area contributed by atoms with E-state index in [9.17, 15) is 14.3 Å². The van der Waals surface area contributed by atoms with E-state index in [1.54, 1.807) is 24.4 Å². The zero-order valence-electron chi connectivity index (χ0n) is 17.2. The summed E-state index contributed by atoms with van der Waals surface area (Å²) >= 11 is 0. The number of nitrogen functional groups attached to an aromatic ring is 1. The first-order valence-electron chi connectivity index (χ1n) is 9.67. The van der Waals surface area contributed by atoms with Crippen LogP contribution >= 0.6 is 0 Å². The fourth-order valence-corrected chi connectivity index (χ4v) is 3.32. The molecule has 1 amide bonds. The maximum Gasteiger partial charge on any atom is 0.268 e. The first-order valence-corrected chi connectivity index (χ1v) is 9.67. The van der Waals surface area contributed by atoms with E-state index in [1.165, 1.54) is 34.2 Å². The maximum atomic E-state index is 13.6. The van der Waals surface area contributed by atoms with Gasteiger partial charge in [0.05, 0.1) is 23.8 Å². The van der Waals surface area contributed by atoms with Crippen LogP contribution in [0.25, 0.3) is 22.3 Å². The molecule has 0 unspecified atom stereocenters. The van der Waals surface area contributed by atoms with Crippen LogP contribution in [0.1, 0.15) is 0 Å². The Hall–Kier alpha value is -4.85. The zero-order chi connectivity index (χ0) is 23.5. The number of benzene rings is 1. The summed E-state index contributed by atoms with van der Waals surface area (Å²) in [6, 6.07) is 8.92. The molecule has 0 aliphatic rings. The molecule has 3 aromatic heterocycles. The lowest BCUT2D eigenvalue weighted by Crippen LogP contribution is -2.34. The van der Waals surface area contributed by atoms with E-state index in [2.05, 4.69) is 26.6 Å². The SMILES string of the molecule is C=C(C#N)C(=O)N(CCn1nc(-c2ccc(F)c(O)c2)c2c(N)ncnc21)c1cccnc1. The Balaban J connectivity index is 1.75. The smallest absolute Gasteiger partial charge is 0.268 e. The van der Waals surface area contributed by atoms with Crippen LogP contribution in [0.3, 0.4) is 0 Å². The number of nitrogens with zero attached hydrogens (tertiary/aromatic N) is 7. The minimum Gasteiger partial charge on any atom is -0.505 e. The Bertz CT molecular complexity index is 1410. The molecule has 164 valence electrons. The summed E-state index contributed by atoms with van der Waals surface area (Å²) in [5.41, 5.74) is 7.47. The highest BCUT2D eigenvalue weighted by atomic mass is 19.1. The average molecular weight is 444 g/mol. The molecule has 0 bridgehead atoms. The second-order valence-electron chi connectivity index (χ2n) is 6.95. The summed E-state index contributed by atoms with van der Waals surface area (Å²) in [4.78, 5) is 26.4. The van der Waals surface area contributed by atoms with E-state index in [0.717, 1.165) is 6.07 Å². The van der Waals surface area contributed by atoms with Gasteiger partial charge in [-0.05, 0) is 30.3 Å². The van der Waals surface area contributed by atoms with Gasteiger partial charge >= 0.3 is 0 Å². The summed E-state index contributed by atoms with van der Waals surface area (Å²) in [6.07, 6.45) is 4.34. The fraction of sp³-hybridized carbons (Fsp3) is 0.0909. The van der Waals surface area contributed by atoms with Crippen molar-refractivity contribution >= 4 is 28.4 Å². The van der Waals surface area contributed by atoms with E-state index in [0.29, 0.717) is 28.0 Å². The van der Waals surface area contributed by atoms with Crippen molar-refractivity contribution in [3.8, 4) is 23.1 Å². The minimum absolute atomic E-state index is 0.111. The highest BCUT2D eigenvalue weighted by Gasteiger charge is 2.22. The molecule has 0 saturated carbocycles.